The van der Waals surface area contributed by atoms with Gasteiger partial charge in [-0.05, 0) is 48.4 Å². The van der Waals surface area contributed by atoms with Crippen LogP contribution in [-0.4, -0.2) is 38.8 Å². The van der Waals surface area contributed by atoms with Crippen LogP contribution < -0.4 is 25.0 Å². The van der Waals surface area contributed by atoms with Gasteiger partial charge in [0.05, 0.1) is 37.9 Å². The molecule has 0 saturated heterocycles. The van der Waals surface area contributed by atoms with E-state index in [2.05, 4.69) is 10.3 Å². The average molecular weight is 432 g/mol. The molecule has 2 N–H and O–H groups in total. The molecule has 32 heavy (non-hydrogen) atoms. The van der Waals surface area contributed by atoms with E-state index in [9.17, 15) is 9.59 Å². The molecule has 3 aromatic carbocycles. The number of methoxy groups -OCH3 is 3. The molecule has 0 saturated carbocycles. The Morgan fingerprint density at radius 2 is 1.72 bits per heavy atom. The van der Waals surface area contributed by atoms with Crippen LogP contribution in [0, 0.1) is 0 Å². The second kappa shape index (κ2) is 9.01. The highest BCUT2D eigenvalue weighted by molar-refractivity contribution is 6.07. The Morgan fingerprint density at radius 3 is 2.47 bits per heavy atom. The van der Waals surface area contributed by atoms with E-state index in [1.807, 2.05) is 18.2 Å². The third-order valence-electron chi connectivity index (χ3n) is 5.43. The fourth-order valence-corrected chi connectivity index (χ4v) is 3.75. The number of fused-ring (bicyclic) bond motifs is 2. The minimum absolute atomic E-state index is 0.128. The van der Waals surface area contributed by atoms with Crippen molar-refractivity contribution in [2.24, 2.45) is 0 Å². The molecule has 0 aliphatic carbocycles. The molecule has 0 spiro atoms. The summed E-state index contributed by atoms with van der Waals surface area (Å²) in [5.41, 5.74) is 2.41. The van der Waals surface area contributed by atoms with Crippen LogP contribution in [0.25, 0.3) is 21.8 Å². The number of benzene rings is 3. The fraction of sp³-hybridized carbons (Fsp3) is 0.200. The summed E-state index contributed by atoms with van der Waals surface area (Å²) in [4.78, 5) is 29.1. The summed E-state index contributed by atoms with van der Waals surface area (Å²) in [6, 6.07) is 16.0. The van der Waals surface area contributed by atoms with Crippen molar-refractivity contribution in [3.63, 3.8) is 0 Å². The van der Waals surface area contributed by atoms with E-state index in [1.54, 1.807) is 57.7 Å². The minimum atomic E-state index is -0.256. The summed E-state index contributed by atoms with van der Waals surface area (Å²) in [7, 11) is 4.74. The number of aromatic amines is 1. The Kier molecular flexibility index (Phi) is 5.98. The molecule has 0 radical (unpaired) electrons. The van der Waals surface area contributed by atoms with Crippen LogP contribution in [0.15, 0.2) is 59.4 Å². The lowest BCUT2D eigenvalue weighted by Crippen LogP contribution is -2.26. The van der Waals surface area contributed by atoms with E-state index >= 15 is 0 Å². The van der Waals surface area contributed by atoms with Crippen molar-refractivity contribution in [1.82, 2.24) is 10.3 Å². The molecule has 0 atom stereocenters. The van der Waals surface area contributed by atoms with Gasteiger partial charge in [0.2, 0.25) is 0 Å². The number of hydrogen-bond donors (Lipinski definition) is 2. The molecule has 7 nitrogen and oxygen atoms in total. The largest absolute Gasteiger partial charge is 0.497 e. The molecule has 7 heteroatoms. The van der Waals surface area contributed by atoms with Gasteiger partial charge in [-0.3, -0.25) is 9.59 Å². The van der Waals surface area contributed by atoms with Gasteiger partial charge in [0.1, 0.15) is 5.75 Å². The number of aromatic nitrogens is 1. The van der Waals surface area contributed by atoms with Gasteiger partial charge in [0.15, 0.2) is 16.9 Å². The molecule has 164 valence electrons. The molecule has 0 unspecified atom stereocenters. The second-order valence-corrected chi connectivity index (χ2v) is 7.29. The van der Waals surface area contributed by atoms with Crippen molar-refractivity contribution < 1.29 is 19.0 Å². The SMILES string of the molecule is COc1ccc2c(=O)c3cccc(C(=O)NCCc4ccc(OC)c(OC)c4)c3[nH]c2c1. The lowest BCUT2D eigenvalue weighted by molar-refractivity contribution is 0.0955. The number of ether oxygens (including phenoxy) is 3. The quantitative estimate of drug-likeness (QED) is 0.435. The van der Waals surface area contributed by atoms with Crippen molar-refractivity contribution in [3.05, 3.63) is 75.9 Å². The zero-order valence-electron chi connectivity index (χ0n) is 18.2. The molecule has 1 aromatic heterocycles. The van der Waals surface area contributed by atoms with Gasteiger partial charge in [-0.2, -0.15) is 0 Å². The van der Waals surface area contributed by atoms with Crippen molar-refractivity contribution in [2.75, 3.05) is 27.9 Å². The third-order valence-corrected chi connectivity index (χ3v) is 5.43. The van der Waals surface area contributed by atoms with Crippen LogP contribution in [0.5, 0.6) is 17.2 Å². The predicted molar refractivity (Wildman–Crippen MR) is 124 cm³/mol. The van der Waals surface area contributed by atoms with E-state index in [1.165, 1.54) is 0 Å². The Morgan fingerprint density at radius 1 is 0.906 bits per heavy atom. The number of pyridine rings is 1. The van der Waals surface area contributed by atoms with Crippen LogP contribution in [0.2, 0.25) is 0 Å². The van der Waals surface area contributed by atoms with Crippen LogP contribution in [0.3, 0.4) is 0 Å². The van der Waals surface area contributed by atoms with Crippen LogP contribution in [-0.2, 0) is 6.42 Å². The first kappa shape index (κ1) is 21.2. The maximum Gasteiger partial charge on any atom is 0.253 e. The van der Waals surface area contributed by atoms with Crippen LogP contribution in [0.4, 0.5) is 0 Å². The number of carbonyl (C=O) groups is 1. The molecule has 0 bridgehead atoms. The van der Waals surface area contributed by atoms with Gasteiger partial charge >= 0.3 is 0 Å². The molecule has 0 aliphatic heterocycles. The highest BCUT2D eigenvalue weighted by atomic mass is 16.5. The van der Waals surface area contributed by atoms with Crippen molar-refractivity contribution in [3.8, 4) is 17.2 Å². The summed E-state index contributed by atoms with van der Waals surface area (Å²) in [5.74, 6) is 1.67. The lowest BCUT2D eigenvalue weighted by atomic mass is 10.1. The minimum Gasteiger partial charge on any atom is -0.497 e. The zero-order valence-corrected chi connectivity index (χ0v) is 18.2. The van der Waals surface area contributed by atoms with Gasteiger partial charge in [0, 0.05) is 23.4 Å². The smallest absolute Gasteiger partial charge is 0.253 e. The number of rotatable bonds is 7. The standard InChI is InChI=1S/C25H24N2O5/c1-30-16-8-9-17-20(14-16)27-23-18(24(17)28)5-4-6-19(23)25(29)26-12-11-15-7-10-21(31-2)22(13-15)32-3/h4-10,13-14H,11-12H2,1-3H3,(H,26,29)(H,27,28). The molecule has 4 aromatic rings. The topological polar surface area (TPSA) is 89.7 Å². The first-order valence-electron chi connectivity index (χ1n) is 10.2. The molecule has 0 fully saturated rings. The number of carbonyl (C=O) groups excluding carboxylic acids is 1. The molecular weight excluding hydrogens is 408 g/mol. The number of nitrogens with one attached hydrogen (secondary N) is 2. The first-order chi connectivity index (χ1) is 15.5. The third kappa shape index (κ3) is 3.97. The van der Waals surface area contributed by atoms with Gasteiger partial charge in [0.25, 0.3) is 5.91 Å². The van der Waals surface area contributed by atoms with E-state index in [0.29, 0.717) is 57.6 Å². The fourth-order valence-electron chi connectivity index (χ4n) is 3.75. The first-order valence-corrected chi connectivity index (χ1v) is 10.2. The maximum absolute atomic E-state index is 13.0. The zero-order chi connectivity index (χ0) is 22.7. The number of para-hydroxylation sites is 1. The van der Waals surface area contributed by atoms with E-state index in [0.717, 1.165) is 5.56 Å². The Bertz CT molecular complexity index is 1360. The van der Waals surface area contributed by atoms with E-state index in [-0.39, 0.29) is 11.3 Å². The number of H-pyrrole nitrogens is 1. The summed E-state index contributed by atoms with van der Waals surface area (Å²) >= 11 is 0. The summed E-state index contributed by atoms with van der Waals surface area (Å²) in [6.45, 7) is 0.427. The van der Waals surface area contributed by atoms with E-state index in [4.69, 9.17) is 14.2 Å². The van der Waals surface area contributed by atoms with Crippen LogP contribution in [0.1, 0.15) is 15.9 Å². The molecule has 1 amide bonds. The van der Waals surface area contributed by atoms with E-state index < -0.39 is 0 Å². The number of hydrogen-bond acceptors (Lipinski definition) is 5. The summed E-state index contributed by atoms with van der Waals surface area (Å²) in [6.07, 6.45) is 0.619. The summed E-state index contributed by atoms with van der Waals surface area (Å²) in [5, 5.41) is 3.95. The predicted octanol–water partition coefficient (Wildman–Crippen LogP) is 3.68. The Balaban J connectivity index is 1.59. The highest BCUT2D eigenvalue weighted by Gasteiger charge is 2.14. The molecular formula is C25H24N2O5. The summed E-state index contributed by atoms with van der Waals surface area (Å²) < 4.78 is 15.8. The second-order valence-electron chi connectivity index (χ2n) is 7.29. The lowest BCUT2D eigenvalue weighted by Gasteiger charge is -2.11. The van der Waals surface area contributed by atoms with Gasteiger partial charge in [-0.25, -0.2) is 0 Å². The Labute approximate surface area is 184 Å². The van der Waals surface area contributed by atoms with Gasteiger partial charge < -0.3 is 24.5 Å². The Hall–Kier alpha value is -4.00. The highest BCUT2D eigenvalue weighted by Crippen LogP contribution is 2.27. The average Bonchev–Trinajstić information content (AvgIpc) is 2.83. The molecule has 1 heterocycles. The number of amides is 1. The van der Waals surface area contributed by atoms with Gasteiger partial charge in [-0.15, -0.1) is 0 Å². The van der Waals surface area contributed by atoms with Crippen LogP contribution >= 0.6 is 0 Å². The molecule has 4 rings (SSSR count). The maximum atomic E-state index is 13.0. The molecule has 0 aliphatic rings. The van der Waals surface area contributed by atoms with Crippen molar-refractivity contribution in [2.45, 2.75) is 6.42 Å². The normalized spacial score (nSPS) is 10.8. The van der Waals surface area contributed by atoms with Crippen molar-refractivity contribution in [1.29, 1.82) is 0 Å². The van der Waals surface area contributed by atoms with Crippen molar-refractivity contribution >= 4 is 27.7 Å². The monoisotopic (exact) mass is 432 g/mol. The van der Waals surface area contributed by atoms with Gasteiger partial charge in [-0.1, -0.05) is 12.1 Å².